The third kappa shape index (κ3) is 4.19. The first-order chi connectivity index (χ1) is 8.43. The van der Waals surface area contributed by atoms with Gasteiger partial charge in [-0.2, -0.15) is 0 Å². The maximum Gasteiger partial charge on any atom is 0.239 e. The van der Waals surface area contributed by atoms with Crippen LogP contribution in [-0.2, 0) is 9.53 Å². The molecular formula is C12H23N3O2S. The largest absolute Gasteiger partial charge is 0.393 e. The topological polar surface area (TPSA) is 58.8 Å². The van der Waals surface area contributed by atoms with Gasteiger partial charge >= 0.3 is 0 Å². The Balaban J connectivity index is 2.48. The highest BCUT2D eigenvalue weighted by Crippen LogP contribution is 2.08. The Kier molecular flexibility index (Phi) is 5.98. The van der Waals surface area contributed by atoms with Crippen LogP contribution < -0.4 is 5.73 Å². The Bertz CT molecular complexity index is 306. The van der Waals surface area contributed by atoms with E-state index in [2.05, 4.69) is 0 Å². The van der Waals surface area contributed by atoms with E-state index >= 15 is 0 Å². The number of nitrogens with two attached hydrogens (primary N) is 1. The van der Waals surface area contributed by atoms with Gasteiger partial charge in [-0.15, -0.1) is 0 Å². The maximum absolute atomic E-state index is 12.3. The Morgan fingerprint density at radius 2 is 2.00 bits per heavy atom. The van der Waals surface area contributed by atoms with Gasteiger partial charge in [-0.05, 0) is 14.0 Å². The van der Waals surface area contributed by atoms with Crippen molar-refractivity contribution in [2.45, 2.75) is 19.9 Å². The molecule has 0 aliphatic carbocycles. The standard InChI is InChI=1S/C12H23N3O2S/c1-9(11(13)18)8-14(3)10(2)12(16)15-4-6-17-7-5-15/h9-10H,4-8H2,1-3H3,(H2,13,18). The van der Waals surface area contributed by atoms with Crippen LogP contribution in [0.4, 0.5) is 0 Å². The number of carbonyl (C=O) groups is 1. The van der Waals surface area contributed by atoms with Gasteiger partial charge in [-0.3, -0.25) is 9.69 Å². The second kappa shape index (κ2) is 7.01. The smallest absolute Gasteiger partial charge is 0.239 e. The van der Waals surface area contributed by atoms with E-state index < -0.39 is 0 Å². The molecule has 1 aliphatic heterocycles. The molecule has 0 spiro atoms. The van der Waals surface area contributed by atoms with Gasteiger partial charge < -0.3 is 15.4 Å². The van der Waals surface area contributed by atoms with Crippen molar-refractivity contribution in [3.05, 3.63) is 0 Å². The van der Waals surface area contributed by atoms with Crippen LogP contribution in [0.1, 0.15) is 13.8 Å². The van der Waals surface area contributed by atoms with Gasteiger partial charge in [0.2, 0.25) is 5.91 Å². The fraction of sp³-hybridized carbons (Fsp3) is 0.833. The second-order valence-corrected chi connectivity index (χ2v) is 5.33. The highest BCUT2D eigenvalue weighted by Gasteiger charge is 2.26. The van der Waals surface area contributed by atoms with E-state index in [0.29, 0.717) is 37.8 Å². The molecule has 0 aromatic carbocycles. The Hall–Kier alpha value is -0.720. The van der Waals surface area contributed by atoms with Crippen molar-refractivity contribution in [2.24, 2.45) is 11.7 Å². The van der Waals surface area contributed by atoms with Gasteiger partial charge in [0, 0.05) is 25.6 Å². The summed E-state index contributed by atoms with van der Waals surface area (Å²) in [6, 6.07) is -0.153. The summed E-state index contributed by atoms with van der Waals surface area (Å²) in [5, 5.41) is 0. The lowest BCUT2D eigenvalue weighted by Gasteiger charge is -2.33. The first-order valence-electron chi connectivity index (χ1n) is 6.29. The van der Waals surface area contributed by atoms with E-state index in [9.17, 15) is 4.79 Å². The van der Waals surface area contributed by atoms with Crippen LogP contribution in [0.25, 0.3) is 0 Å². The van der Waals surface area contributed by atoms with Crippen LogP contribution in [0.15, 0.2) is 0 Å². The number of likely N-dealkylation sites (N-methyl/N-ethyl adjacent to an activating group) is 1. The number of hydrogen-bond acceptors (Lipinski definition) is 4. The molecule has 1 amide bonds. The molecule has 1 heterocycles. The molecule has 18 heavy (non-hydrogen) atoms. The van der Waals surface area contributed by atoms with Crippen molar-refractivity contribution in [1.82, 2.24) is 9.80 Å². The van der Waals surface area contributed by atoms with E-state index in [1.807, 2.05) is 30.7 Å². The molecule has 1 rings (SSSR count). The van der Waals surface area contributed by atoms with Crippen LogP contribution in [0.2, 0.25) is 0 Å². The van der Waals surface area contributed by atoms with E-state index in [1.54, 1.807) is 0 Å². The van der Waals surface area contributed by atoms with Crippen molar-refractivity contribution >= 4 is 23.1 Å². The molecule has 2 unspecified atom stereocenters. The lowest BCUT2D eigenvalue weighted by Crippen LogP contribution is -2.50. The predicted molar refractivity (Wildman–Crippen MR) is 75.4 cm³/mol. The Labute approximate surface area is 114 Å². The van der Waals surface area contributed by atoms with Gasteiger partial charge in [0.25, 0.3) is 0 Å². The minimum absolute atomic E-state index is 0.116. The summed E-state index contributed by atoms with van der Waals surface area (Å²) >= 11 is 4.95. The minimum atomic E-state index is -0.153. The molecule has 104 valence electrons. The molecule has 0 aromatic rings. The number of amides is 1. The summed E-state index contributed by atoms with van der Waals surface area (Å²) in [6.45, 7) is 7.22. The molecule has 1 aliphatic rings. The number of ether oxygens (including phenoxy) is 1. The molecule has 1 saturated heterocycles. The van der Waals surface area contributed by atoms with Crippen molar-refractivity contribution in [2.75, 3.05) is 39.9 Å². The van der Waals surface area contributed by atoms with Gasteiger partial charge in [-0.25, -0.2) is 0 Å². The molecule has 2 atom stereocenters. The van der Waals surface area contributed by atoms with Crippen LogP contribution in [0, 0.1) is 5.92 Å². The third-order valence-corrected chi connectivity index (χ3v) is 3.79. The van der Waals surface area contributed by atoms with E-state index in [4.69, 9.17) is 22.7 Å². The summed E-state index contributed by atoms with van der Waals surface area (Å²) in [5.41, 5.74) is 5.60. The van der Waals surface area contributed by atoms with Gasteiger partial charge in [0.15, 0.2) is 0 Å². The highest BCUT2D eigenvalue weighted by atomic mass is 32.1. The van der Waals surface area contributed by atoms with Gasteiger partial charge in [0.1, 0.15) is 0 Å². The molecule has 6 heteroatoms. The summed E-state index contributed by atoms with van der Waals surface area (Å²) in [6.07, 6.45) is 0. The van der Waals surface area contributed by atoms with Crippen molar-refractivity contribution in [3.63, 3.8) is 0 Å². The minimum Gasteiger partial charge on any atom is -0.393 e. The van der Waals surface area contributed by atoms with Gasteiger partial charge in [-0.1, -0.05) is 19.1 Å². The van der Waals surface area contributed by atoms with E-state index in [-0.39, 0.29) is 17.9 Å². The third-order valence-electron chi connectivity index (χ3n) is 3.39. The Morgan fingerprint density at radius 1 is 1.44 bits per heavy atom. The molecule has 1 fully saturated rings. The highest BCUT2D eigenvalue weighted by molar-refractivity contribution is 7.80. The summed E-state index contributed by atoms with van der Waals surface area (Å²) in [7, 11) is 1.93. The Morgan fingerprint density at radius 3 is 2.50 bits per heavy atom. The molecule has 0 aromatic heterocycles. The monoisotopic (exact) mass is 273 g/mol. The lowest BCUT2D eigenvalue weighted by atomic mass is 10.1. The summed E-state index contributed by atoms with van der Waals surface area (Å²) in [5.74, 6) is 0.265. The van der Waals surface area contributed by atoms with Crippen molar-refractivity contribution < 1.29 is 9.53 Å². The molecule has 0 radical (unpaired) electrons. The van der Waals surface area contributed by atoms with Gasteiger partial charge in [0.05, 0.1) is 24.2 Å². The average molecular weight is 273 g/mol. The number of hydrogen-bond donors (Lipinski definition) is 1. The number of carbonyl (C=O) groups excluding carboxylic acids is 1. The molecular weight excluding hydrogens is 250 g/mol. The normalized spacial score (nSPS) is 19.7. The van der Waals surface area contributed by atoms with Crippen LogP contribution in [-0.4, -0.2) is 66.6 Å². The van der Waals surface area contributed by atoms with Crippen LogP contribution in [0.5, 0.6) is 0 Å². The molecule has 0 saturated carbocycles. The predicted octanol–water partition coefficient (Wildman–Crippen LogP) is 0.0877. The zero-order chi connectivity index (χ0) is 13.7. The average Bonchev–Trinajstić information content (AvgIpc) is 2.37. The fourth-order valence-corrected chi connectivity index (χ4v) is 1.99. The fourth-order valence-electron chi connectivity index (χ4n) is 1.92. The van der Waals surface area contributed by atoms with Crippen molar-refractivity contribution in [1.29, 1.82) is 0 Å². The van der Waals surface area contributed by atoms with Crippen molar-refractivity contribution in [3.8, 4) is 0 Å². The van der Waals surface area contributed by atoms with Crippen LogP contribution in [0.3, 0.4) is 0 Å². The van der Waals surface area contributed by atoms with E-state index in [0.717, 1.165) is 0 Å². The molecule has 0 bridgehead atoms. The van der Waals surface area contributed by atoms with Crippen LogP contribution >= 0.6 is 12.2 Å². The zero-order valence-corrected chi connectivity index (χ0v) is 12.2. The molecule has 5 nitrogen and oxygen atoms in total. The lowest BCUT2D eigenvalue weighted by molar-refractivity contribution is -0.140. The first kappa shape index (κ1) is 15.3. The second-order valence-electron chi connectivity index (χ2n) is 4.86. The number of rotatable bonds is 5. The zero-order valence-electron chi connectivity index (χ0n) is 11.4. The molecule has 2 N–H and O–H groups in total. The number of thiocarbonyl (C=S) groups is 1. The number of nitrogens with zero attached hydrogens (tertiary/aromatic N) is 2. The maximum atomic E-state index is 12.3. The number of morpholine rings is 1. The first-order valence-corrected chi connectivity index (χ1v) is 6.70. The summed E-state index contributed by atoms with van der Waals surface area (Å²) < 4.78 is 5.24. The van der Waals surface area contributed by atoms with E-state index in [1.165, 1.54) is 0 Å². The SMILES string of the molecule is CC(CN(C)C(C)C(=O)N1CCOCC1)C(N)=S. The quantitative estimate of drug-likeness (QED) is 0.719. The summed E-state index contributed by atoms with van der Waals surface area (Å²) in [4.78, 5) is 16.6.